The van der Waals surface area contributed by atoms with Gasteiger partial charge in [-0.25, -0.2) is 0 Å². The number of rotatable bonds is 1. The molecule has 0 heterocycles. The van der Waals surface area contributed by atoms with Gasteiger partial charge < -0.3 is 0 Å². The number of benzene rings is 1. The Kier molecular flexibility index (Phi) is 3.77. The minimum atomic E-state index is 0.454. The summed E-state index contributed by atoms with van der Waals surface area (Å²) in [5.41, 5.74) is 3.76. The van der Waals surface area contributed by atoms with Crippen molar-refractivity contribution >= 4 is 39.2 Å². The van der Waals surface area contributed by atoms with Crippen LogP contribution in [0.5, 0.6) is 0 Å². The molecule has 0 saturated carbocycles. The summed E-state index contributed by atoms with van der Waals surface area (Å²) in [6.07, 6.45) is 0. The van der Waals surface area contributed by atoms with E-state index in [-0.39, 0.29) is 0 Å². The Labute approximate surface area is 93.7 Å². The number of aryl methyl sites for hydroxylation is 3. The summed E-state index contributed by atoms with van der Waals surface area (Å²) in [5.74, 6) is 0. The minimum absolute atomic E-state index is 0.454. The van der Waals surface area contributed by atoms with Gasteiger partial charge in [0.1, 0.15) is 3.66 Å². The van der Waals surface area contributed by atoms with Crippen molar-refractivity contribution in [2.45, 2.75) is 25.7 Å². The van der Waals surface area contributed by atoms with E-state index in [4.69, 9.17) is 23.8 Å². The molecule has 0 bridgehead atoms. The molecule has 0 nitrogen and oxygen atoms in total. The Bertz CT molecular complexity index is 322. The van der Waals surface area contributed by atoms with E-state index in [1.54, 1.807) is 0 Å². The van der Waals surface area contributed by atoms with Crippen LogP contribution in [0.4, 0.5) is 0 Å². The smallest absolute Gasteiger partial charge is 0.0656 e. The van der Waals surface area contributed by atoms with Crippen LogP contribution < -0.4 is 0 Å². The van der Waals surface area contributed by atoms with Crippen LogP contribution in [0.25, 0.3) is 0 Å². The molecule has 0 aliphatic heterocycles. The van der Waals surface area contributed by atoms with Crippen LogP contribution >= 0.6 is 35.6 Å². The summed E-state index contributed by atoms with van der Waals surface area (Å²) in [7, 11) is 0. The molecule has 0 spiro atoms. The summed E-state index contributed by atoms with van der Waals surface area (Å²) >= 11 is 12.0. The van der Waals surface area contributed by atoms with Gasteiger partial charge in [-0.3, -0.25) is 0 Å². The van der Waals surface area contributed by atoms with Gasteiger partial charge in [-0.2, -0.15) is 0 Å². The fourth-order valence-electron chi connectivity index (χ4n) is 1.41. The van der Waals surface area contributed by atoms with Crippen molar-refractivity contribution < 1.29 is 0 Å². The summed E-state index contributed by atoms with van der Waals surface area (Å²) in [6.45, 7) is 6.25. The second-order valence-corrected chi connectivity index (χ2v) is 5.58. The Balaban J connectivity index is 3.13. The summed E-state index contributed by atoms with van der Waals surface area (Å²) in [5, 5.41) is 0. The Morgan fingerprint density at radius 3 is 2.08 bits per heavy atom. The second kappa shape index (κ2) is 4.45. The molecule has 1 aromatic rings. The first-order chi connectivity index (χ1) is 6.00. The van der Waals surface area contributed by atoms with Gasteiger partial charge in [0.05, 0.1) is 0 Å². The van der Waals surface area contributed by atoms with E-state index < -0.39 is 0 Å². The highest BCUT2D eigenvalue weighted by molar-refractivity contribution is 8.26. The van der Waals surface area contributed by atoms with E-state index in [1.165, 1.54) is 33.3 Å². The Morgan fingerprint density at radius 2 is 1.69 bits per heavy atom. The molecule has 1 rings (SSSR count). The first kappa shape index (κ1) is 11.0. The fourth-order valence-corrected chi connectivity index (χ4v) is 2.49. The van der Waals surface area contributed by atoms with Gasteiger partial charge in [0.2, 0.25) is 0 Å². The maximum absolute atomic E-state index is 5.69. The van der Waals surface area contributed by atoms with E-state index in [9.17, 15) is 0 Å². The number of thioether (sulfide) groups is 1. The molecule has 0 unspecified atom stereocenters. The predicted octanol–water partition coefficient (Wildman–Crippen LogP) is 4.23. The Hall–Kier alpha value is -0.0500. The lowest BCUT2D eigenvalue weighted by Crippen LogP contribution is -1.88. The monoisotopic (exact) mass is 230 g/mol. The van der Waals surface area contributed by atoms with Gasteiger partial charge in [0.15, 0.2) is 0 Å². The predicted molar refractivity (Wildman–Crippen MR) is 65.0 cm³/mol. The molecule has 0 aliphatic carbocycles. The van der Waals surface area contributed by atoms with Crippen molar-refractivity contribution in [1.29, 1.82) is 0 Å². The zero-order valence-corrected chi connectivity index (χ0v) is 10.2. The molecule has 0 radical (unpaired) electrons. The van der Waals surface area contributed by atoms with Crippen LogP contribution in [0.15, 0.2) is 17.0 Å². The van der Waals surface area contributed by atoms with E-state index in [0.717, 1.165) is 0 Å². The van der Waals surface area contributed by atoms with Crippen LogP contribution in [-0.4, -0.2) is 3.66 Å². The normalized spacial score (nSPS) is 10.2. The third-order valence-electron chi connectivity index (χ3n) is 1.79. The molecular weight excluding hydrogens is 220 g/mol. The maximum atomic E-state index is 5.69. The van der Waals surface area contributed by atoms with Crippen LogP contribution in [0.3, 0.4) is 0 Å². The molecular formula is C10H11ClS2. The molecule has 0 amide bonds. The van der Waals surface area contributed by atoms with E-state index >= 15 is 0 Å². The zero-order valence-electron chi connectivity index (χ0n) is 7.85. The molecule has 0 saturated heterocycles. The lowest BCUT2D eigenvalue weighted by Gasteiger charge is -2.08. The van der Waals surface area contributed by atoms with Crippen molar-refractivity contribution in [2.24, 2.45) is 0 Å². The average molecular weight is 231 g/mol. The quantitative estimate of drug-likeness (QED) is 0.402. The SMILES string of the molecule is Cc1cc(C)c(SC(=S)Cl)c(C)c1. The summed E-state index contributed by atoms with van der Waals surface area (Å²) < 4.78 is 0.454. The molecule has 0 fully saturated rings. The van der Waals surface area contributed by atoms with Crippen LogP contribution in [-0.2, 0) is 0 Å². The van der Waals surface area contributed by atoms with E-state index in [1.807, 2.05) is 0 Å². The standard InChI is InChI=1S/C10H11ClS2/c1-6-4-7(2)9(8(3)5-6)13-10(11)12/h4-5H,1-3H3. The largest absolute Gasteiger partial charge is 0.141 e. The van der Waals surface area contributed by atoms with Crippen molar-refractivity contribution in [1.82, 2.24) is 0 Å². The molecule has 70 valence electrons. The van der Waals surface area contributed by atoms with E-state index in [2.05, 4.69) is 32.9 Å². The lowest BCUT2D eigenvalue weighted by atomic mass is 10.1. The molecule has 0 aliphatic rings. The minimum Gasteiger partial charge on any atom is -0.0656 e. The molecule has 0 atom stereocenters. The molecule has 0 N–H and O–H groups in total. The van der Waals surface area contributed by atoms with Gasteiger partial charge in [-0.15, -0.1) is 0 Å². The third-order valence-corrected chi connectivity index (χ3v) is 3.28. The number of hydrogen-bond donors (Lipinski definition) is 0. The van der Waals surface area contributed by atoms with Gasteiger partial charge in [0, 0.05) is 4.90 Å². The third kappa shape index (κ3) is 2.97. The summed E-state index contributed by atoms with van der Waals surface area (Å²) in [4.78, 5) is 1.19. The van der Waals surface area contributed by atoms with Gasteiger partial charge >= 0.3 is 0 Å². The molecule has 3 heteroatoms. The average Bonchev–Trinajstić information content (AvgIpc) is 1.96. The lowest BCUT2D eigenvalue weighted by molar-refractivity contribution is 1.19. The topological polar surface area (TPSA) is 0 Å². The van der Waals surface area contributed by atoms with Gasteiger partial charge in [-0.05, 0) is 31.9 Å². The highest BCUT2D eigenvalue weighted by Crippen LogP contribution is 2.29. The number of hydrogen-bond acceptors (Lipinski definition) is 2. The van der Waals surface area contributed by atoms with Gasteiger partial charge in [0.25, 0.3) is 0 Å². The van der Waals surface area contributed by atoms with Crippen molar-refractivity contribution in [3.05, 3.63) is 28.8 Å². The fraction of sp³-hybridized carbons (Fsp3) is 0.300. The zero-order chi connectivity index (χ0) is 10.0. The Morgan fingerprint density at radius 1 is 1.23 bits per heavy atom. The number of thiocarbonyl (C=S) groups is 1. The number of halogens is 1. The van der Waals surface area contributed by atoms with Crippen LogP contribution in [0.1, 0.15) is 16.7 Å². The molecule has 0 aromatic heterocycles. The second-order valence-electron chi connectivity index (χ2n) is 3.07. The van der Waals surface area contributed by atoms with Crippen molar-refractivity contribution in [3.8, 4) is 0 Å². The van der Waals surface area contributed by atoms with Crippen molar-refractivity contribution in [3.63, 3.8) is 0 Å². The van der Waals surface area contributed by atoms with Gasteiger partial charge in [-0.1, -0.05) is 53.3 Å². The highest BCUT2D eigenvalue weighted by Gasteiger charge is 2.05. The van der Waals surface area contributed by atoms with E-state index in [0.29, 0.717) is 3.66 Å². The summed E-state index contributed by atoms with van der Waals surface area (Å²) in [6, 6.07) is 4.29. The van der Waals surface area contributed by atoms with Crippen LogP contribution in [0, 0.1) is 20.8 Å². The molecule has 1 aromatic carbocycles. The highest BCUT2D eigenvalue weighted by atomic mass is 35.5. The molecule has 13 heavy (non-hydrogen) atoms. The maximum Gasteiger partial charge on any atom is 0.141 e. The van der Waals surface area contributed by atoms with Crippen LogP contribution in [0.2, 0.25) is 0 Å². The first-order valence-electron chi connectivity index (χ1n) is 3.96. The van der Waals surface area contributed by atoms with Crippen molar-refractivity contribution in [2.75, 3.05) is 0 Å². The first-order valence-corrected chi connectivity index (χ1v) is 5.56.